The summed E-state index contributed by atoms with van der Waals surface area (Å²) in [6, 6.07) is 7.46. The highest BCUT2D eigenvalue weighted by molar-refractivity contribution is 7.89. The first kappa shape index (κ1) is 25.0. The standard InChI is InChI=1S/C25H23Cl2F3N4O2S/c26-20-3-2-19(6-21(20)27)37(35,36)33-11-16-5-17(25(28,29)30)1-4-22(16)34(12-18-10-31-14-32-18)23(13-33)24-7-15(8-24)9-24/h1-6,10,14-15,23H,7-9,11-13H2,(H,31,32). The van der Waals surface area contributed by atoms with Gasteiger partial charge in [0.15, 0.2) is 0 Å². The van der Waals surface area contributed by atoms with Crippen LogP contribution in [0.25, 0.3) is 0 Å². The molecule has 3 aromatic rings. The molecule has 1 atom stereocenters. The maximum absolute atomic E-state index is 13.9. The first-order valence-corrected chi connectivity index (χ1v) is 14.1. The van der Waals surface area contributed by atoms with Crippen LogP contribution >= 0.6 is 23.2 Å². The van der Waals surface area contributed by atoms with E-state index in [1.54, 1.807) is 12.5 Å². The van der Waals surface area contributed by atoms with Gasteiger partial charge in [0.25, 0.3) is 0 Å². The number of hydrogen-bond acceptors (Lipinski definition) is 4. The first-order chi connectivity index (χ1) is 17.5. The third kappa shape index (κ3) is 4.22. The number of rotatable bonds is 5. The molecular weight excluding hydrogens is 548 g/mol. The van der Waals surface area contributed by atoms with Crippen molar-refractivity contribution in [3.8, 4) is 0 Å². The van der Waals surface area contributed by atoms with Crippen molar-refractivity contribution in [2.24, 2.45) is 11.3 Å². The molecule has 1 unspecified atom stereocenters. The maximum Gasteiger partial charge on any atom is 0.416 e. The second kappa shape index (κ2) is 8.62. The molecule has 37 heavy (non-hydrogen) atoms. The Morgan fingerprint density at radius 3 is 2.43 bits per heavy atom. The van der Waals surface area contributed by atoms with Crippen LogP contribution in [0.3, 0.4) is 0 Å². The fourth-order valence-corrected chi connectivity index (χ4v) is 7.89. The number of hydrogen-bond donors (Lipinski definition) is 1. The number of anilines is 1. The van der Waals surface area contributed by atoms with Crippen molar-refractivity contribution in [3.63, 3.8) is 0 Å². The molecule has 3 saturated carbocycles. The van der Waals surface area contributed by atoms with Crippen LogP contribution in [-0.2, 0) is 29.3 Å². The monoisotopic (exact) mass is 570 g/mol. The number of nitrogens with zero attached hydrogens (tertiary/aromatic N) is 3. The van der Waals surface area contributed by atoms with Crippen molar-refractivity contribution < 1.29 is 21.6 Å². The number of aromatic nitrogens is 2. The van der Waals surface area contributed by atoms with Gasteiger partial charge < -0.3 is 9.88 Å². The summed E-state index contributed by atoms with van der Waals surface area (Å²) in [6.45, 7) is 0.312. The summed E-state index contributed by atoms with van der Waals surface area (Å²) in [6.07, 6.45) is 1.61. The van der Waals surface area contributed by atoms with Crippen molar-refractivity contribution in [1.29, 1.82) is 0 Å². The molecular formula is C25H23Cl2F3N4O2S. The SMILES string of the molecule is O=S(=O)(c1ccc(Cl)c(Cl)c1)N1Cc2cc(C(F)(F)F)ccc2N(Cc2cnc[nH]2)C(C23CC(C2)C3)C1. The van der Waals surface area contributed by atoms with E-state index in [9.17, 15) is 21.6 Å². The van der Waals surface area contributed by atoms with Crippen molar-refractivity contribution in [2.75, 3.05) is 11.4 Å². The van der Waals surface area contributed by atoms with Crippen molar-refractivity contribution >= 4 is 38.9 Å². The zero-order valence-electron chi connectivity index (χ0n) is 19.5. The van der Waals surface area contributed by atoms with Gasteiger partial charge in [0.1, 0.15) is 0 Å². The molecule has 0 saturated heterocycles. The highest BCUT2D eigenvalue weighted by atomic mass is 35.5. The van der Waals surface area contributed by atoms with Gasteiger partial charge in [-0.05, 0) is 72.6 Å². The smallest absolute Gasteiger partial charge is 0.361 e. The number of halogens is 5. The van der Waals surface area contributed by atoms with Gasteiger partial charge >= 0.3 is 6.18 Å². The van der Waals surface area contributed by atoms with Gasteiger partial charge in [-0.2, -0.15) is 17.5 Å². The van der Waals surface area contributed by atoms with E-state index in [0.29, 0.717) is 23.7 Å². The predicted molar refractivity (Wildman–Crippen MR) is 134 cm³/mol. The Kier molecular flexibility index (Phi) is 5.83. The summed E-state index contributed by atoms with van der Waals surface area (Å²) >= 11 is 12.1. The molecule has 3 aliphatic carbocycles. The molecule has 6 nitrogen and oxygen atoms in total. The van der Waals surface area contributed by atoms with E-state index in [1.807, 2.05) is 0 Å². The molecule has 0 amide bonds. The molecule has 12 heteroatoms. The summed E-state index contributed by atoms with van der Waals surface area (Å²) in [5.74, 6) is 0.629. The molecule has 2 bridgehead atoms. The maximum atomic E-state index is 13.9. The molecule has 2 heterocycles. The molecule has 4 aliphatic rings. The number of fused-ring (bicyclic) bond motifs is 1. The highest BCUT2D eigenvalue weighted by Crippen LogP contribution is 2.67. The quantitative estimate of drug-likeness (QED) is 0.401. The average molecular weight is 571 g/mol. The van der Waals surface area contributed by atoms with Crippen LogP contribution in [0.15, 0.2) is 53.8 Å². The van der Waals surface area contributed by atoms with Crippen LogP contribution in [0.1, 0.15) is 36.1 Å². The molecule has 1 N–H and O–H groups in total. The van der Waals surface area contributed by atoms with Gasteiger partial charge in [-0.25, -0.2) is 13.4 Å². The third-order valence-corrected chi connectivity index (χ3v) is 10.6. The minimum Gasteiger partial charge on any atom is -0.361 e. The molecule has 2 aromatic carbocycles. The topological polar surface area (TPSA) is 69.3 Å². The van der Waals surface area contributed by atoms with E-state index < -0.39 is 21.8 Å². The van der Waals surface area contributed by atoms with Crippen LogP contribution in [0, 0.1) is 11.3 Å². The van der Waals surface area contributed by atoms with E-state index in [-0.39, 0.29) is 39.5 Å². The largest absolute Gasteiger partial charge is 0.416 e. The molecule has 1 aromatic heterocycles. The number of benzene rings is 2. The Bertz CT molecular complexity index is 1450. The Balaban J connectivity index is 1.49. The Morgan fingerprint density at radius 2 is 1.84 bits per heavy atom. The molecule has 1 aliphatic heterocycles. The van der Waals surface area contributed by atoms with Crippen molar-refractivity contribution in [2.45, 2.75) is 49.5 Å². The van der Waals surface area contributed by atoms with Gasteiger partial charge in [0.05, 0.1) is 39.1 Å². The van der Waals surface area contributed by atoms with Gasteiger partial charge in [-0.15, -0.1) is 0 Å². The lowest BCUT2D eigenvalue weighted by Gasteiger charge is -2.67. The zero-order valence-corrected chi connectivity index (χ0v) is 21.8. The average Bonchev–Trinajstić information content (AvgIpc) is 3.23. The van der Waals surface area contributed by atoms with E-state index in [0.717, 1.165) is 37.1 Å². The molecule has 196 valence electrons. The number of nitrogens with one attached hydrogen (secondary N) is 1. The normalized spacial score (nSPS) is 25.7. The van der Waals surface area contributed by atoms with Crippen LogP contribution in [0.5, 0.6) is 0 Å². The van der Waals surface area contributed by atoms with Crippen LogP contribution in [-0.4, -0.2) is 35.3 Å². The van der Waals surface area contributed by atoms with Gasteiger partial charge in [0, 0.05) is 31.0 Å². The van der Waals surface area contributed by atoms with Crippen molar-refractivity contribution in [3.05, 3.63) is 75.8 Å². The van der Waals surface area contributed by atoms with Crippen LogP contribution in [0.2, 0.25) is 10.0 Å². The minimum absolute atomic E-state index is 0.0474. The fraction of sp³-hybridized carbons (Fsp3) is 0.400. The Hall–Kier alpha value is -2.27. The highest BCUT2D eigenvalue weighted by Gasteiger charge is 2.62. The fourth-order valence-electron chi connectivity index (χ4n) is 6.08. The zero-order chi connectivity index (χ0) is 26.2. The van der Waals surface area contributed by atoms with Gasteiger partial charge in [0.2, 0.25) is 10.0 Å². The lowest BCUT2D eigenvalue weighted by molar-refractivity contribution is -0.137. The minimum atomic E-state index is -4.56. The second-order valence-corrected chi connectivity index (χ2v) is 13.0. The van der Waals surface area contributed by atoms with E-state index in [1.165, 1.54) is 28.6 Å². The summed E-state index contributed by atoms with van der Waals surface area (Å²) in [5.41, 5.74) is 0.795. The molecule has 0 spiro atoms. The van der Waals surface area contributed by atoms with E-state index >= 15 is 0 Å². The third-order valence-electron chi connectivity index (χ3n) is 8.03. The number of sulfonamides is 1. The number of H-pyrrole nitrogens is 1. The number of aromatic amines is 1. The summed E-state index contributed by atoms with van der Waals surface area (Å²) in [7, 11) is -4.10. The van der Waals surface area contributed by atoms with Crippen LogP contribution < -0.4 is 4.90 Å². The second-order valence-electron chi connectivity index (χ2n) is 10.3. The van der Waals surface area contributed by atoms with Crippen LogP contribution in [0.4, 0.5) is 18.9 Å². The number of alkyl halides is 3. The summed E-state index contributed by atoms with van der Waals surface area (Å²) in [4.78, 5) is 9.20. The van der Waals surface area contributed by atoms with Crippen molar-refractivity contribution in [1.82, 2.24) is 14.3 Å². The Morgan fingerprint density at radius 1 is 1.08 bits per heavy atom. The summed E-state index contributed by atoms with van der Waals surface area (Å²) < 4.78 is 70.1. The lowest BCUT2D eigenvalue weighted by Crippen LogP contribution is -2.66. The molecule has 3 fully saturated rings. The van der Waals surface area contributed by atoms with Gasteiger partial charge in [-0.3, -0.25) is 0 Å². The molecule has 7 rings (SSSR count). The van der Waals surface area contributed by atoms with Gasteiger partial charge in [-0.1, -0.05) is 23.2 Å². The predicted octanol–water partition coefficient (Wildman–Crippen LogP) is 6.12. The number of imidazole rings is 1. The van der Waals surface area contributed by atoms with E-state index in [2.05, 4.69) is 14.9 Å². The molecule has 0 radical (unpaired) electrons. The summed E-state index contributed by atoms with van der Waals surface area (Å²) in [5, 5.41) is 0.309. The Labute approximate surface area is 222 Å². The van der Waals surface area contributed by atoms with E-state index in [4.69, 9.17) is 23.2 Å². The first-order valence-electron chi connectivity index (χ1n) is 11.9. The lowest BCUT2D eigenvalue weighted by atomic mass is 9.41.